The molecule has 1 saturated heterocycles. The van der Waals surface area contributed by atoms with Gasteiger partial charge in [-0.1, -0.05) is 0 Å². The summed E-state index contributed by atoms with van der Waals surface area (Å²) in [6.07, 6.45) is 8.49. The van der Waals surface area contributed by atoms with Crippen LogP contribution in [0.5, 0.6) is 0 Å². The Morgan fingerprint density at radius 1 is 1.32 bits per heavy atom. The predicted molar refractivity (Wildman–Crippen MR) is 72.9 cm³/mol. The summed E-state index contributed by atoms with van der Waals surface area (Å²) >= 11 is 0. The van der Waals surface area contributed by atoms with Crippen LogP contribution in [0.2, 0.25) is 0 Å². The minimum Gasteiger partial charge on any atom is -0.444 e. The van der Waals surface area contributed by atoms with Crippen molar-refractivity contribution in [1.29, 1.82) is 0 Å². The molecule has 0 aromatic carbocycles. The third-order valence-corrected chi connectivity index (χ3v) is 3.30. The van der Waals surface area contributed by atoms with Crippen LogP contribution in [0.1, 0.15) is 46.1 Å². The Morgan fingerprint density at radius 2 is 2.11 bits per heavy atom. The zero-order valence-corrected chi connectivity index (χ0v) is 12.0. The lowest BCUT2D eigenvalue weighted by Crippen LogP contribution is -2.37. The molecule has 19 heavy (non-hydrogen) atoms. The average Bonchev–Trinajstić information content (AvgIpc) is 2.71. The number of carbonyl (C=O) groups excluding carboxylic acids is 1. The van der Waals surface area contributed by atoms with E-state index >= 15 is 0 Å². The second-order valence-electron chi connectivity index (χ2n) is 6.06. The molecule has 1 aliphatic heterocycles. The fourth-order valence-corrected chi connectivity index (χ4v) is 2.37. The number of likely N-dealkylation sites (tertiary alicyclic amines) is 1. The van der Waals surface area contributed by atoms with Crippen molar-refractivity contribution in [2.75, 3.05) is 13.1 Å². The fourth-order valence-electron chi connectivity index (χ4n) is 2.37. The van der Waals surface area contributed by atoms with Gasteiger partial charge in [0.1, 0.15) is 5.60 Å². The molecule has 5 heteroatoms. The van der Waals surface area contributed by atoms with Crippen LogP contribution >= 0.6 is 0 Å². The quantitative estimate of drug-likeness (QED) is 0.784. The molecule has 0 spiro atoms. The Labute approximate surface area is 114 Å². The van der Waals surface area contributed by atoms with Crippen molar-refractivity contribution in [2.45, 2.75) is 51.7 Å². The summed E-state index contributed by atoms with van der Waals surface area (Å²) in [5.74, 6) is 0. The SMILES string of the molecule is CC(C)(C)OC(=O)N1CCCC(n2ccnc2)CC1. The molecule has 0 aliphatic carbocycles. The number of hydrogen-bond acceptors (Lipinski definition) is 3. The standard InChI is InChI=1S/C14H23N3O2/c1-14(2,3)19-13(18)16-8-4-5-12(6-9-16)17-10-7-15-11-17/h7,10-12H,4-6,8-9H2,1-3H3. The number of nitrogens with zero attached hydrogens (tertiary/aromatic N) is 3. The second kappa shape index (κ2) is 5.63. The summed E-state index contributed by atoms with van der Waals surface area (Å²) < 4.78 is 7.56. The minimum atomic E-state index is -0.423. The maximum Gasteiger partial charge on any atom is 0.410 e. The van der Waals surface area contributed by atoms with Crippen LogP contribution in [-0.2, 0) is 4.74 Å². The number of aromatic nitrogens is 2. The van der Waals surface area contributed by atoms with E-state index in [-0.39, 0.29) is 6.09 Å². The molecule has 1 aromatic heterocycles. The molecule has 0 radical (unpaired) electrons. The highest BCUT2D eigenvalue weighted by Gasteiger charge is 2.25. The summed E-state index contributed by atoms with van der Waals surface area (Å²) in [6.45, 7) is 7.23. The number of hydrogen-bond donors (Lipinski definition) is 0. The molecule has 106 valence electrons. The molecule has 1 unspecified atom stereocenters. The molecule has 0 bridgehead atoms. The third-order valence-electron chi connectivity index (χ3n) is 3.30. The van der Waals surface area contributed by atoms with Crippen LogP contribution in [-0.4, -0.2) is 39.2 Å². The molecule has 5 nitrogen and oxygen atoms in total. The largest absolute Gasteiger partial charge is 0.444 e. The smallest absolute Gasteiger partial charge is 0.410 e. The molecule has 2 rings (SSSR count). The van der Waals surface area contributed by atoms with E-state index in [2.05, 4.69) is 9.55 Å². The molecular weight excluding hydrogens is 242 g/mol. The lowest BCUT2D eigenvalue weighted by molar-refractivity contribution is 0.0255. The van der Waals surface area contributed by atoms with Crippen LogP contribution in [0.25, 0.3) is 0 Å². The van der Waals surface area contributed by atoms with Crippen molar-refractivity contribution in [3.05, 3.63) is 18.7 Å². The molecule has 2 heterocycles. The molecule has 1 fully saturated rings. The number of ether oxygens (including phenoxy) is 1. The maximum absolute atomic E-state index is 12.0. The van der Waals surface area contributed by atoms with Gasteiger partial charge in [-0.25, -0.2) is 9.78 Å². The third kappa shape index (κ3) is 3.98. The first-order valence-corrected chi connectivity index (χ1v) is 6.91. The number of rotatable bonds is 1. The van der Waals surface area contributed by atoms with Gasteiger partial charge in [-0.05, 0) is 40.0 Å². The van der Waals surface area contributed by atoms with Gasteiger partial charge < -0.3 is 14.2 Å². The zero-order chi connectivity index (χ0) is 13.9. The van der Waals surface area contributed by atoms with E-state index < -0.39 is 5.60 Å². The molecule has 1 atom stereocenters. The van der Waals surface area contributed by atoms with Gasteiger partial charge in [0.25, 0.3) is 0 Å². The Kier molecular flexibility index (Phi) is 4.12. The average molecular weight is 265 g/mol. The molecule has 1 aliphatic rings. The lowest BCUT2D eigenvalue weighted by atomic mass is 10.1. The highest BCUT2D eigenvalue weighted by atomic mass is 16.6. The number of carbonyl (C=O) groups is 1. The van der Waals surface area contributed by atoms with Gasteiger partial charge in [0, 0.05) is 31.5 Å². The van der Waals surface area contributed by atoms with Gasteiger partial charge in [-0.2, -0.15) is 0 Å². The summed E-state index contributed by atoms with van der Waals surface area (Å²) in [6, 6.07) is 0.440. The Balaban J connectivity index is 1.91. The van der Waals surface area contributed by atoms with E-state index in [0.29, 0.717) is 6.04 Å². The summed E-state index contributed by atoms with van der Waals surface area (Å²) in [7, 11) is 0. The molecule has 0 N–H and O–H groups in total. The number of amides is 1. The van der Waals surface area contributed by atoms with E-state index in [9.17, 15) is 4.79 Å². The first-order chi connectivity index (χ1) is 8.96. The molecule has 1 amide bonds. The van der Waals surface area contributed by atoms with E-state index in [1.165, 1.54) is 0 Å². The fraction of sp³-hybridized carbons (Fsp3) is 0.714. The maximum atomic E-state index is 12.0. The first kappa shape index (κ1) is 13.9. The van der Waals surface area contributed by atoms with Crippen molar-refractivity contribution in [3.63, 3.8) is 0 Å². The summed E-state index contributed by atoms with van der Waals surface area (Å²) in [5.41, 5.74) is -0.423. The second-order valence-corrected chi connectivity index (χ2v) is 6.06. The lowest BCUT2D eigenvalue weighted by Gasteiger charge is -2.26. The van der Waals surface area contributed by atoms with Crippen molar-refractivity contribution in [2.24, 2.45) is 0 Å². The summed E-state index contributed by atoms with van der Waals surface area (Å²) in [5, 5.41) is 0. The van der Waals surface area contributed by atoms with E-state index in [0.717, 1.165) is 32.4 Å². The predicted octanol–water partition coefficient (Wildman–Crippen LogP) is 2.85. The van der Waals surface area contributed by atoms with E-state index in [4.69, 9.17) is 4.74 Å². The van der Waals surface area contributed by atoms with Crippen molar-refractivity contribution < 1.29 is 9.53 Å². The van der Waals surface area contributed by atoms with Crippen LogP contribution in [0.4, 0.5) is 4.79 Å². The van der Waals surface area contributed by atoms with Crippen molar-refractivity contribution >= 4 is 6.09 Å². The van der Waals surface area contributed by atoms with Gasteiger partial charge in [-0.15, -0.1) is 0 Å². The van der Waals surface area contributed by atoms with E-state index in [1.807, 2.05) is 38.2 Å². The summed E-state index contributed by atoms with van der Waals surface area (Å²) in [4.78, 5) is 18.0. The monoisotopic (exact) mass is 265 g/mol. The zero-order valence-electron chi connectivity index (χ0n) is 12.0. The Morgan fingerprint density at radius 3 is 2.74 bits per heavy atom. The van der Waals surface area contributed by atoms with Gasteiger partial charge in [0.15, 0.2) is 0 Å². The van der Waals surface area contributed by atoms with Crippen molar-refractivity contribution in [3.8, 4) is 0 Å². The van der Waals surface area contributed by atoms with Gasteiger partial charge >= 0.3 is 6.09 Å². The highest BCUT2D eigenvalue weighted by molar-refractivity contribution is 5.68. The Hall–Kier alpha value is -1.52. The number of imidazole rings is 1. The normalized spacial score (nSPS) is 21.0. The minimum absolute atomic E-state index is 0.196. The topological polar surface area (TPSA) is 47.4 Å². The molecular formula is C14H23N3O2. The Bertz CT molecular complexity index is 409. The molecule has 1 aromatic rings. The van der Waals surface area contributed by atoms with Gasteiger partial charge in [-0.3, -0.25) is 0 Å². The van der Waals surface area contributed by atoms with Crippen LogP contribution < -0.4 is 0 Å². The van der Waals surface area contributed by atoms with Crippen LogP contribution in [0.15, 0.2) is 18.7 Å². The van der Waals surface area contributed by atoms with Crippen molar-refractivity contribution in [1.82, 2.24) is 14.5 Å². The molecule has 0 saturated carbocycles. The first-order valence-electron chi connectivity index (χ1n) is 6.91. The van der Waals surface area contributed by atoms with Gasteiger partial charge in [0.2, 0.25) is 0 Å². The van der Waals surface area contributed by atoms with E-state index in [1.54, 1.807) is 6.20 Å². The van der Waals surface area contributed by atoms with Crippen LogP contribution in [0, 0.1) is 0 Å². The van der Waals surface area contributed by atoms with Gasteiger partial charge in [0.05, 0.1) is 6.33 Å². The highest BCUT2D eigenvalue weighted by Crippen LogP contribution is 2.23. The van der Waals surface area contributed by atoms with Crippen LogP contribution in [0.3, 0.4) is 0 Å².